The monoisotopic (exact) mass is 422 g/mol. The summed E-state index contributed by atoms with van der Waals surface area (Å²) in [6, 6.07) is 5.62. The third-order valence-electron chi connectivity index (χ3n) is 4.46. The Morgan fingerprint density at radius 2 is 1.70 bits per heavy atom. The first-order chi connectivity index (χ1) is 14.1. The molecule has 0 spiro atoms. The molecule has 1 saturated heterocycles. The maximum atomic E-state index is 12.9. The van der Waals surface area contributed by atoms with Crippen LogP contribution in [0.2, 0.25) is 0 Å². The van der Waals surface area contributed by atoms with Gasteiger partial charge in [-0.3, -0.25) is 14.5 Å². The lowest BCUT2D eigenvalue weighted by molar-refractivity contribution is -0.133. The predicted octanol–water partition coefficient (Wildman–Crippen LogP) is 2.21. The van der Waals surface area contributed by atoms with Gasteiger partial charge >= 0.3 is 6.09 Å². The van der Waals surface area contributed by atoms with Crippen molar-refractivity contribution >= 4 is 23.6 Å². The molecule has 1 aromatic rings. The maximum Gasteiger partial charge on any atom is 0.407 e. The molecule has 2 rings (SSSR count). The highest BCUT2D eigenvalue weighted by Gasteiger charge is 2.22. The van der Waals surface area contributed by atoms with E-state index in [0.717, 1.165) is 0 Å². The summed E-state index contributed by atoms with van der Waals surface area (Å²) in [6.07, 6.45) is 0.404. The van der Waals surface area contributed by atoms with E-state index >= 15 is 0 Å². The first-order valence-electron chi connectivity index (χ1n) is 10.1. The molecule has 8 nitrogen and oxygen atoms in total. The highest BCUT2D eigenvalue weighted by atomic mass is 19.1. The number of piperazine rings is 1. The Kier molecular flexibility index (Phi) is 8.58. The van der Waals surface area contributed by atoms with Crippen LogP contribution in [0, 0.1) is 5.82 Å². The van der Waals surface area contributed by atoms with Crippen LogP contribution in [0.15, 0.2) is 24.3 Å². The third kappa shape index (κ3) is 8.77. The fourth-order valence-corrected chi connectivity index (χ4v) is 2.99. The van der Waals surface area contributed by atoms with Crippen LogP contribution in [-0.2, 0) is 14.3 Å². The topological polar surface area (TPSA) is 91.0 Å². The number of hydrogen-bond donors (Lipinski definition) is 2. The Labute approximate surface area is 176 Å². The number of halogens is 1. The van der Waals surface area contributed by atoms with Crippen molar-refractivity contribution < 1.29 is 23.5 Å². The number of nitrogens with one attached hydrogen (secondary N) is 2. The zero-order chi connectivity index (χ0) is 22.1. The highest BCUT2D eigenvalue weighted by Crippen LogP contribution is 2.10. The molecule has 0 aliphatic carbocycles. The SMILES string of the molecule is CC(C)(C)OC(=O)NCCCC(=O)N1CCN(CC(=O)Nc2ccc(F)cc2)CC1. The lowest BCUT2D eigenvalue weighted by Crippen LogP contribution is -2.50. The van der Waals surface area contributed by atoms with Crippen molar-refractivity contribution in [1.29, 1.82) is 0 Å². The average molecular weight is 423 g/mol. The second kappa shape index (κ2) is 10.9. The molecule has 1 aromatic carbocycles. The van der Waals surface area contributed by atoms with Crippen LogP contribution in [0.25, 0.3) is 0 Å². The summed E-state index contributed by atoms with van der Waals surface area (Å²) >= 11 is 0. The molecule has 1 aliphatic rings. The molecule has 0 atom stereocenters. The molecule has 0 radical (unpaired) electrons. The van der Waals surface area contributed by atoms with Crippen LogP contribution >= 0.6 is 0 Å². The molecule has 9 heteroatoms. The first kappa shape index (κ1) is 23.6. The molecule has 0 aromatic heterocycles. The van der Waals surface area contributed by atoms with E-state index in [-0.39, 0.29) is 24.2 Å². The number of hydrogen-bond acceptors (Lipinski definition) is 5. The molecule has 1 aliphatic heterocycles. The molecule has 0 bridgehead atoms. The van der Waals surface area contributed by atoms with Crippen molar-refractivity contribution in [3.63, 3.8) is 0 Å². The minimum atomic E-state index is -0.546. The molecule has 3 amide bonds. The molecule has 1 heterocycles. The Bertz CT molecular complexity index is 726. The minimum absolute atomic E-state index is 0.0383. The van der Waals surface area contributed by atoms with E-state index in [1.807, 2.05) is 4.90 Å². The fourth-order valence-electron chi connectivity index (χ4n) is 2.99. The van der Waals surface area contributed by atoms with Crippen molar-refractivity contribution in [3.8, 4) is 0 Å². The van der Waals surface area contributed by atoms with Gasteiger partial charge in [-0.2, -0.15) is 0 Å². The largest absolute Gasteiger partial charge is 0.444 e. The van der Waals surface area contributed by atoms with Gasteiger partial charge in [0.15, 0.2) is 0 Å². The van der Waals surface area contributed by atoms with Gasteiger partial charge in [0.2, 0.25) is 11.8 Å². The smallest absolute Gasteiger partial charge is 0.407 e. The van der Waals surface area contributed by atoms with Gasteiger partial charge in [-0.1, -0.05) is 0 Å². The molecule has 0 unspecified atom stereocenters. The van der Waals surface area contributed by atoms with E-state index in [9.17, 15) is 18.8 Å². The summed E-state index contributed by atoms with van der Waals surface area (Å²) in [5.41, 5.74) is 0.00498. The number of benzene rings is 1. The molecule has 30 heavy (non-hydrogen) atoms. The Balaban J connectivity index is 1.61. The number of carbonyl (C=O) groups excluding carboxylic acids is 3. The molecule has 2 N–H and O–H groups in total. The Morgan fingerprint density at radius 1 is 1.07 bits per heavy atom. The van der Waals surface area contributed by atoms with Crippen LogP contribution in [-0.4, -0.2) is 72.6 Å². The van der Waals surface area contributed by atoms with Gasteiger partial charge in [0.1, 0.15) is 11.4 Å². The quantitative estimate of drug-likeness (QED) is 0.658. The zero-order valence-corrected chi connectivity index (χ0v) is 17.9. The van der Waals surface area contributed by atoms with Crippen molar-refractivity contribution in [2.45, 2.75) is 39.2 Å². The highest BCUT2D eigenvalue weighted by molar-refractivity contribution is 5.92. The van der Waals surface area contributed by atoms with Crippen LogP contribution < -0.4 is 10.6 Å². The van der Waals surface area contributed by atoms with Crippen LogP contribution in [0.1, 0.15) is 33.6 Å². The third-order valence-corrected chi connectivity index (χ3v) is 4.46. The standard InChI is InChI=1S/C21H31FN4O4/c1-21(2,3)30-20(29)23-10-4-5-19(28)26-13-11-25(12-14-26)15-18(27)24-17-8-6-16(22)7-9-17/h6-9H,4-5,10-15H2,1-3H3,(H,23,29)(H,24,27). The Morgan fingerprint density at radius 3 is 2.30 bits per heavy atom. The van der Waals surface area contributed by atoms with Gasteiger partial charge in [-0.25, -0.2) is 9.18 Å². The summed E-state index contributed by atoms with van der Waals surface area (Å²) in [7, 11) is 0. The van der Waals surface area contributed by atoms with E-state index < -0.39 is 11.7 Å². The van der Waals surface area contributed by atoms with Gasteiger partial charge in [-0.15, -0.1) is 0 Å². The maximum absolute atomic E-state index is 12.9. The lowest BCUT2D eigenvalue weighted by Gasteiger charge is -2.34. The van der Waals surface area contributed by atoms with Crippen molar-refractivity contribution in [2.75, 3.05) is 44.6 Å². The number of nitrogens with zero attached hydrogens (tertiary/aromatic N) is 2. The van der Waals surface area contributed by atoms with Crippen LogP contribution in [0.5, 0.6) is 0 Å². The van der Waals surface area contributed by atoms with Gasteiger partial charge in [0, 0.05) is 44.8 Å². The normalized spacial score (nSPS) is 14.9. The number of alkyl carbamates (subject to hydrolysis) is 1. The summed E-state index contributed by atoms with van der Waals surface area (Å²) in [5, 5.41) is 5.38. The summed E-state index contributed by atoms with van der Waals surface area (Å²) in [6.45, 7) is 8.32. The summed E-state index contributed by atoms with van der Waals surface area (Å²) in [5.74, 6) is -0.486. The predicted molar refractivity (Wildman–Crippen MR) is 112 cm³/mol. The number of ether oxygens (including phenoxy) is 1. The number of rotatable bonds is 7. The molecular weight excluding hydrogens is 391 g/mol. The lowest BCUT2D eigenvalue weighted by atomic mass is 10.2. The zero-order valence-electron chi connectivity index (χ0n) is 17.9. The second-order valence-electron chi connectivity index (χ2n) is 8.24. The van der Waals surface area contributed by atoms with Crippen LogP contribution in [0.3, 0.4) is 0 Å². The van der Waals surface area contributed by atoms with Crippen molar-refractivity contribution in [1.82, 2.24) is 15.1 Å². The summed E-state index contributed by atoms with van der Waals surface area (Å²) in [4.78, 5) is 39.8. The number of carbonyl (C=O) groups is 3. The molecule has 0 saturated carbocycles. The molecular formula is C21H31FN4O4. The van der Waals surface area contributed by atoms with E-state index in [0.29, 0.717) is 51.3 Å². The average Bonchev–Trinajstić information content (AvgIpc) is 2.66. The van der Waals surface area contributed by atoms with E-state index in [4.69, 9.17) is 4.74 Å². The van der Waals surface area contributed by atoms with E-state index in [1.54, 1.807) is 25.7 Å². The van der Waals surface area contributed by atoms with Crippen molar-refractivity contribution in [2.24, 2.45) is 0 Å². The molecule has 166 valence electrons. The first-order valence-corrected chi connectivity index (χ1v) is 10.1. The minimum Gasteiger partial charge on any atom is -0.444 e. The van der Waals surface area contributed by atoms with Gasteiger partial charge in [-0.05, 0) is 51.5 Å². The van der Waals surface area contributed by atoms with E-state index in [2.05, 4.69) is 10.6 Å². The van der Waals surface area contributed by atoms with Crippen molar-refractivity contribution in [3.05, 3.63) is 30.1 Å². The summed E-state index contributed by atoms with van der Waals surface area (Å²) < 4.78 is 18.1. The van der Waals surface area contributed by atoms with Gasteiger partial charge in [0.25, 0.3) is 0 Å². The van der Waals surface area contributed by atoms with E-state index in [1.165, 1.54) is 24.3 Å². The van der Waals surface area contributed by atoms with Gasteiger partial charge in [0.05, 0.1) is 6.54 Å². The number of amides is 3. The Hall–Kier alpha value is -2.68. The second-order valence-corrected chi connectivity index (χ2v) is 8.24. The van der Waals surface area contributed by atoms with Crippen LogP contribution in [0.4, 0.5) is 14.9 Å². The number of anilines is 1. The fraction of sp³-hybridized carbons (Fsp3) is 0.571. The molecule has 1 fully saturated rings. The van der Waals surface area contributed by atoms with Gasteiger partial charge < -0.3 is 20.3 Å².